The van der Waals surface area contributed by atoms with E-state index in [1.165, 1.54) is 0 Å². The Bertz CT molecular complexity index is 626. The van der Waals surface area contributed by atoms with Crippen LogP contribution in [0.3, 0.4) is 0 Å². The van der Waals surface area contributed by atoms with E-state index in [2.05, 4.69) is 4.90 Å². The van der Waals surface area contributed by atoms with Crippen LogP contribution in [0.5, 0.6) is 5.75 Å². The highest BCUT2D eigenvalue weighted by molar-refractivity contribution is 5.82. The molecule has 2 atom stereocenters. The Morgan fingerprint density at radius 2 is 2.20 bits per heavy atom. The van der Waals surface area contributed by atoms with E-state index < -0.39 is 5.60 Å². The molecule has 2 unspecified atom stereocenters. The van der Waals surface area contributed by atoms with Gasteiger partial charge < -0.3 is 19.5 Å². The maximum absolute atomic E-state index is 11.8. The zero-order valence-corrected chi connectivity index (χ0v) is 15.6. The molecule has 0 spiro atoms. The molecule has 1 aliphatic rings. The Hall–Kier alpha value is -1.85. The first-order chi connectivity index (χ1) is 11.9. The van der Waals surface area contributed by atoms with E-state index in [1.54, 1.807) is 20.1 Å². The molecule has 0 aliphatic heterocycles. The van der Waals surface area contributed by atoms with Crippen molar-refractivity contribution in [3.8, 4) is 5.75 Å². The van der Waals surface area contributed by atoms with Gasteiger partial charge in [-0.2, -0.15) is 0 Å². The summed E-state index contributed by atoms with van der Waals surface area (Å²) in [6.07, 6.45) is 3.52. The monoisotopic (exact) mass is 347 g/mol. The van der Waals surface area contributed by atoms with Crippen molar-refractivity contribution in [3.05, 3.63) is 41.5 Å². The first-order valence-corrected chi connectivity index (χ1v) is 8.77. The highest BCUT2D eigenvalue weighted by Gasteiger charge is 2.42. The van der Waals surface area contributed by atoms with Gasteiger partial charge in [0.2, 0.25) is 0 Å². The second kappa shape index (κ2) is 8.50. The molecule has 138 valence electrons. The number of hydrogen-bond acceptors (Lipinski definition) is 5. The number of allylic oxidation sites excluding steroid dienone is 1. The number of nitrogens with zero attached hydrogens (tertiary/aromatic N) is 1. The van der Waals surface area contributed by atoms with Gasteiger partial charge >= 0.3 is 5.97 Å². The molecule has 1 aromatic carbocycles. The molecule has 0 heterocycles. The number of carbonyl (C=O) groups is 1. The van der Waals surface area contributed by atoms with Crippen molar-refractivity contribution in [2.24, 2.45) is 5.92 Å². The van der Waals surface area contributed by atoms with Crippen molar-refractivity contribution in [2.45, 2.75) is 31.8 Å². The summed E-state index contributed by atoms with van der Waals surface area (Å²) in [6.45, 7) is 2.90. The SMILES string of the molecule is CCOC(=O)/C=C1/CCC(O)(c2cccc(OC)c2)C(CN(C)C)C1. The second-order valence-corrected chi connectivity index (χ2v) is 6.87. The molecule has 0 aromatic heterocycles. The third-order valence-corrected chi connectivity index (χ3v) is 4.77. The third kappa shape index (κ3) is 4.83. The normalized spacial score (nSPS) is 25.2. The highest BCUT2D eigenvalue weighted by Crippen LogP contribution is 2.44. The van der Waals surface area contributed by atoms with E-state index in [9.17, 15) is 9.90 Å². The third-order valence-electron chi connectivity index (χ3n) is 4.77. The van der Waals surface area contributed by atoms with Crippen molar-refractivity contribution >= 4 is 5.97 Å². The van der Waals surface area contributed by atoms with Gasteiger partial charge in [-0.15, -0.1) is 0 Å². The summed E-state index contributed by atoms with van der Waals surface area (Å²) in [5, 5.41) is 11.5. The smallest absolute Gasteiger partial charge is 0.330 e. The average molecular weight is 347 g/mol. The van der Waals surface area contributed by atoms with Crippen molar-refractivity contribution < 1.29 is 19.4 Å². The van der Waals surface area contributed by atoms with Gasteiger partial charge in [-0.1, -0.05) is 17.7 Å². The number of ether oxygens (including phenoxy) is 2. The molecule has 1 aliphatic carbocycles. The lowest BCUT2D eigenvalue weighted by molar-refractivity contribution is -0.137. The van der Waals surface area contributed by atoms with Crippen LogP contribution in [-0.4, -0.2) is 50.3 Å². The minimum absolute atomic E-state index is 0.0102. The van der Waals surface area contributed by atoms with Crippen molar-refractivity contribution in [1.82, 2.24) is 4.90 Å². The summed E-state index contributed by atoms with van der Waals surface area (Å²) >= 11 is 0. The lowest BCUT2D eigenvalue weighted by Gasteiger charge is -2.42. The Labute approximate surface area is 150 Å². The van der Waals surface area contributed by atoms with Gasteiger partial charge in [0.25, 0.3) is 0 Å². The van der Waals surface area contributed by atoms with Crippen molar-refractivity contribution in [1.29, 1.82) is 0 Å². The molecular weight excluding hydrogens is 318 g/mol. The number of carbonyl (C=O) groups excluding carboxylic acids is 1. The fourth-order valence-electron chi connectivity index (χ4n) is 3.55. The van der Waals surface area contributed by atoms with Crippen LogP contribution in [0.25, 0.3) is 0 Å². The minimum atomic E-state index is -0.940. The number of aliphatic hydroxyl groups is 1. The van der Waals surface area contributed by atoms with E-state index in [4.69, 9.17) is 9.47 Å². The quantitative estimate of drug-likeness (QED) is 0.633. The van der Waals surface area contributed by atoms with Gasteiger partial charge in [0, 0.05) is 18.5 Å². The summed E-state index contributed by atoms with van der Waals surface area (Å²) in [5.41, 5.74) is 0.969. The summed E-state index contributed by atoms with van der Waals surface area (Å²) in [7, 11) is 5.62. The van der Waals surface area contributed by atoms with Gasteiger partial charge in [-0.05, 0) is 58.0 Å². The zero-order chi connectivity index (χ0) is 18.4. The molecule has 2 rings (SSSR count). The van der Waals surface area contributed by atoms with Crippen molar-refractivity contribution in [3.63, 3.8) is 0 Å². The zero-order valence-electron chi connectivity index (χ0n) is 15.6. The van der Waals surface area contributed by atoms with Crippen LogP contribution in [0.15, 0.2) is 35.9 Å². The Morgan fingerprint density at radius 3 is 2.84 bits per heavy atom. The maximum Gasteiger partial charge on any atom is 0.330 e. The molecule has 1 fully saturated rings. The van der Waals surface area contributed by atoms with Gasteiger partial charge in [0.1, 0.15) is 5.75 Å². The molecule has 25 heavy (non-hydrogen) atoms. The lowest BCUT2D eigenvalue weighted by Crippen LogP contribution is -2.43. The van der Waals surface area contributed by atoms with Gasteiger partial charge in [-0.3, -0.25) is 0 Å². The number of esters is 1. The van der Waals surface area contributed by atoms with E-state index >= 15 is 0 Å². The number of benzene rings is 1. The summed E-state index contributed by atoms with van der Waals surface area (Å²) < 4.78 is 10.3. The minimum Gasteiger partial charge on any atom is -0.497 e. The van der Waals surface area contributed by atoms with E-state index in [0.29, 0.717) is 25.9 Å². The Morgan fingerprint density at radius 1 is 1.44 bits per heavy atom. The Kier molecular flexibility index (Phi) is 6.62. The highest BCUT2D eigenvalue weighted by atomic mass is 16.5. The predicted molar refractivity (Wildman–Crippen MR) is 97.5 cm³/mol. The number of hydrogen-bond donors (Lipinski definition) is 1. The summed E-state index contributed by atoms with van der Waals surface area (Å²) in [5.74, 6) is 0.430. The van der Waals surface area contributed by atoms with Gasteiger partial charge in [0.15, 0.2) is 0 Å². The van der Waals surface area contributed by atoms with Crippen LogP contribution in [0.4, 0.5) is 0 Å². The average Bonchev–Trinajstić information content (AvgIpc) is 2.58. The number of methoxy groups -OCH3 is 1. The fourth-order valence-corrected chi connectivity index (χ4v) is 3.55. The predicted octanol–water partition coefficient (Wildman–Crippen LogP) is 2.73. The molecular formula is C20H29NO4. The first-order valence-electron chi connectivity index (χ1n) is 8.77. The molecule has 5 heteroatoms. The molecule has 5 nitrogen and oxygen atoms in total. The van der Waals surface area contributed by atoms with Crippen LogP contribution in [0, 0.1) is 5.92 Å². The van der Waals surface area contributed by atoms with Gasteiger partial charge in [0.05, 0.1) is 19.3 Å². The fraction of sp³-hybridized carbons (Fsp3) is 0.550. The molecule has 0 bridgehead atoms. The van der Waals surface area contributed by atoms with Crippen LogP contribution in [0.1, 0.15) is 31.7 Å². The van der Waals surface area contributed by atoms with Crippen LogP contribution in [0.2, 0.25) is 0 Å². The van der Waals surface area contributed by atoms with Crippen LogP contribution < -0.4 is 4.74 Å². The van der Waals surface area contributed by atoms with Gasteiger partial charge in [-0.25, -0.2) is 4.79 Å². The van der Waals surface area contributed by atoms with E-state index in [0.717, 1.165) is 23.4 Å². The van der Waals surface area contributed by atoms with E-state index in [-0.39, 0.29) is 11.9 Å². The second-order valence-electron chi connectivity index (χ2n) is 6.87. The summed E-state index contributed by atoms with van der Waals surface area (Å²) in [6, 6.07) is 7.64. The standard InChI is InChI=1S/C20H29NO4/c1-5-25-19(22)12-15-9-10-20(23,17(11-15)14-21(2)3)16-7-6-8-18(13-16)24-4/h6-8,12-13,17,23H,5,9-11,14H2,1-4H3/b15-12-. The molecule has 0 amide bonds. The van der Waals surface area contributed by atoms with Crippen LogP contribution >= 0.6 is 0 Å². The molecule has 0 radical (unpaired) electrons. The largest absolute Gasteiger partial charge is 0.497 e. The molecule has 0 saturated heterocycles. The lowest BCUT2D eigenvalue weighted by atomic mass is 9.69. The Balaban J connectivity index is 2.29. The van der Waals surface area contributed by atoms with Crippen molar-refractivity contribution in [2.75, 3.05) is 34.4 Å². The number of rotatable bonds is 6. The maximum atomic E-state index is 11.8. The topological polar surface area (TPSA) is 59.0 Å². The molecule has 1 saturated carbocycles. The summed E-state index contributed by atoms with van der Waals surface area (Å²) in [4.78, 5) is 13.8. The molecule has 1 aromatic rings. The van der Waals surface area contributed by atoms with E-state index in [1.807, 2.05) is 38.4 Å². The first kappa shape index (κ1) is 19.5. The van der Waals surface area contributed by atoms with Crippen LogP contribution in [-0.2, 0) is 15.1 Å². The molecule has 1 N–H and O–H groups in total.